The molecule has 5 rings (SSSR count). The van der Waals surface area contributed by atoms with Gasteiger partial charge in [0.15, 0.2) is 5.82 Å². The van der Waals surface area contributed by atoms with E-state index >= 15 is 0 Å². The average Bonchev–Trinajstić information content (AvgIpc) is 3.14. The monoisotopic (exact) mass is 364 g/mol. The lowest BCUT2D eigenvalue weighted by Gasteiger charge is -2.22. The molecule has 2 aliphatic rings. The van der Waals surface area contributed by atoms with Crippen molar-refractivity contribution in [1.29, 1.82) is 0 Å². The van der Waals surface area contributed by atoms with Gasteiger partial charge in [0.2, 0.25) is 5.89 Å². The van der Waals surface area contributed by atoms with Gasteiger partial charge in [-0.05, 0) is 49.9 Å². The SMILES string of the molecule is O=C(Nc1ccc(-n2ccnc2)cc1)N1CCC[C@H]1c1nc(C2CC2)no1. The molecule has 2 amide bonds. The largest absolute Gasteiger partial charge is 0.337 e. The molecular weight excluding hydrogens is 344 g/mol. The molecule has 3 heterocycles. The van der Waals surface area contributed by atoms with E-state index < -0.39 is 0 Å². The molecule has 0 radical (unpaired) electrons. The Morgan fingerprint density at radius 3 is 2.78 bits per heavy atom. The maximum atomic E-state index is 12.8. The summed E-state index contributed by atoms with van der Waals surface area (Å²) in [5.74, 6) is 1.78. The zero-order valence-corrected chi connectivity index (χ0v) is 14.8. The molecule has 0 spiro atoms. The maximum Gasteiger partial charge on any atom is 0.322 e. The molecule has 1 atom stereocenters. The smallest absolute Gasteiger partial charge is 0.322 e. The van der Waals surface area contributed by atoms with E-state index in [1.165, 1.54) is 0 Å². The highest BCUT2D eigenvalue weighted by Gasteiger charge is 2.36. The summed E-state index contributed by atoms with van der Waals surface area (Å²) >= 11 is 0. The lowest BCUT2D eigenvalue weighted by Crippen LogP contribution is -2.34. The van der Waals surface area contributed by atoms with Crippen molar-refractivity contribution in [3.05, 3.63) is 54.7 Å². The van der Waals surface area contributed by atoms with Crippen LogP contribution in [-0.4, -0.2) is 37.2 Å². The molecule has 138 valence electrons. The van der Waals surface area contributed by atoms with Gasteiger partial charge in [-0.25, -0.2) is 9.78 Å². The molecule has 1 N–H and O–H groups in total. The van der Waals surface area contributed by atoms with E-state index in [9.17, 15) is 4.79 Å². The van der Waals surface area contributed by atoms with Crippen molar-refractivity contribution in [1.82, 2.24) is 24.6 Å². The Hall–Kier alpha value is -3.16. The highest BCUT2D eigenvalue weighted by molar-refractivity contribution is 5.89. The number of carbonyl (C=O) groups is 1. The Bertz CT molecular complexity index is 930. The second-order valence-electron chi connectivity index (χ2n) is 7.06. The fourth-order valence-electron chi connectivity index (χ4n) is 3.48. The molecule has 8 heteroatoms. The second-order valence-corrected chi connectivity index (χ2v) is 7.06. The number of urea groups is 1. The first-order valence-corrected chi connectivity index (χ1v) is 9.27. The van der Waals surface area contributed by atoms with Crippen molar-refractivity contribution in [2.45, 2.75) is 37.6 Å². The molecule has 8 nitrogen and oxygen atoms in total. The van der Waals surface area contributed by atoms with E-state index in [4.69, 9.17) is 4.52 Å². The molecule has 2 fully saturated rings. The van der Waals surface area contributed by atoms with Crippen LogP contribution < -0.4 is 5.32 Å². The highest BCUT2D eigenvalue weighted by Crippen LogP contribution is 2.39. The normalized spacial score (nSPS) is 19.4. The van der Waals surface area contributed by atoms with Crippen LogP contribution in [0.3, 0.4) is 0 Å². The first-order valence-electron chi connectivity index (χ1n) is 9.27. The molecule has 0 unspecified atom stereocenters. The van der Waals surface area contributed by atoms with E-state index in [0.29, 0.717) is 18.4 Å². The van der Waals surface area contributed by atoms with Crippen LogP contribution in [0.2, 0.25) is 0 Å². The van der Waals surface area contributed by atoms with Gasteiger partial charge in [0.1, 0.15) is 6.04 Å². The zero-order chi connectivity index (χ0) is 18.2. The van der Waals surface area contributed by atoms with Gasteiger partial charge in [0.25, 0.3) is 0 Å². The summed E-state index contributed by atoms with van der Waals surface area (Å²) in [5.41, 5.74) is 1.74. The molecule has 1 aliphatic heterocycles. The van der Waals surface area contributed by atoms with Crippen LogP contribution in [0.1, 0.15) is 49.4 Å². The summed E-state index contributed by atoms with van der Waals surface area (Å²) in [4.78, 5) is 23.1. The van der Waals surface area contributed by atoms with E-state index in [1.54, 1.807) is 17.4 Å². The standard InChI is InChI=1S/C19H20N6O2/c26-19(21-14-5-7-15(8-6-14)24-11-9-20-12-24)25-10-1-2-16(25)18-22-17(23-27-18)13-3-4-13/h5-9,11-13,16H,1-4,10H2,(H,21,26)/t16-/m0/s1. The number of nitrogens with zero attached hydrogens (tertiary/aromatic N) is 5. The number of anilines is 1. The predicted octanol–water partition coefficient (Wildman–Crippen LogP) is 3.50. The van der Waals surface area contributed by atoms with Crippen LogP contribution in [0.25, 0.3) is 5.69 Å². The van der Waals surface area contributed by atoms with Crippen LogP contribution in [0, 0.1) is 0 Å². The predicted molar refractivity (Wildman–Crippen MR) is 97.5 cm³/mol. The molecular formula is C19H20N6O2. The minimum Gasteiger partial charge on any atom is -0.337 e. The summed E-state index contributed by atoms with van der Waals surface area (Å²) < 4.78 is 7.36. The number of imidazole rings is 1. The van der Waals surface area contributed by atoms with E-state index in [1.807, 2.05) is 35.0 Å². The zero-order valence-electron chi connectivity index (χ0n) is 14.8. The molecule has 1 saturated heterocycles. The van der Waals surface area contributed by atoms with Gasteiger partial charge < -0.3 is 19.3 Å². The fourth-order valence-corrected chi connectivity index (χ4v) is 3.48. The summed E-state index contributed by atoms with van der Waals surface area (Å²) in [6.07, 6.45) is 9.38. The summed E-state index contributed by atoms with van der Waals surface area (Å²) in [6.45, 7) is 0.685. The summed E-state index contributed by atoms with van der Waals surface area (Å²) in [5, 5.41) is 7.05. The third-order valence-corrected chi connectivity index (χ3v) is 5.12. The van der Waals surface area contributed by atoms with Crippen LogP contribution in [0.4, 0.5) is 10.5 Å². The highest BCUT2D eigenvalue weighted by atomic mass is 16.5. The van der Waals surface area contributed by atoms with Crippen molar-refractivity contribution in [3.8, 4) is 5.69 Å². The third kappa shape index (κ3) is 3.18. The van der Waals surface area contributed by atoms with Gasteiger partial charge in [-0.1, -0.05) is 5.16 Å². The van der Waals surface area contributed by atoms with Crippen LogP contribution >= 0.6 is 0 Å². The number of rotatable bonds is 4. The first-order chi connectivity index (χ1) is 13.3. The molecule has 27 heavy (non-hydrogen) atoms. The average molecular weight is 364 g/mol. The second kappa shape index (κ2) is 6.53. The summed E-state index contributed by atoms with van der Waals surface area (Å²) in [6, 6.07) is 7.37. The van der Waals surface area contributed by atoms with E-state index in [-0.39, 0.29) is 12.1 Å². The topological polar surface area (TPSA) is 89.1 Å². The van der Waals surface area contributed by atoms with Gasteiger partial charge in [-0.15, -0.1) is 0 Å². The number of nitrogens with one attached hydrogen (secondary N) is 1. The fraction of sp³-hybridized carbons (Fsp3) is 0.368. The number of aromatic nitrogens is 4. The van der Waals surface area contributed by atoms with E-state index in [0.717, 1.165) is 42.9 Å². The van der Waals surface area contributed by atoms with Crippen molar-refractivity contribution < 1.29 is 9.32 Å². The minimum atomic E-state index is -0.143. The number of hydrogen-bond donors (Lipinski definition) is 1. The van der Waals surface area contributed by atoms with Crippen LogP contribution in [-0.2, 0) is 0 Å². The number of hydrogen-bond acceptors (Lipinski definition) is 5. The van der Waals surface area contributed by atoms with Crippen LogP contribution in [0.15, 0.2) is 47.5 Å². The van der Waals surface area contributed by atoms with Crippen molar-refractivity contribution in [2.24, 2.45) is 0 Å². The van der Waals surface area contributed by atoms with Crippen molar-refractivity contribution in [3.63, 3.8) is 0 Å². The quantitative estimate of drug-likeness (QED) is 0.765. The van der Waals surface area contributed by atoms with Gasteiger partial charge in [0, 0.05) is 36.2 Å². The Morgan fingerprint density at radius 1 is 1.19 bits per heavy atom. The Labute approximate surface area is 156 Å². The number of benzene rings is 1. The first kappa shape index (κ1) is 16.0. The maximum absolute atomic E-state index is 12.8. The van der Waals surface area contributed by atoms with Gasteiger partial charge >= 0.3 is 6.03 Å². The number of amides is 2. The van der Waals surface area contributed by atoms with Crippen molar-refractivity contribution in [2.75, 3.05) is 11.9 Å². The van der Waals surface area contributed by atoms with Gasteiger partial charge in [-0.2, -0.15) is 4.98 Å². The molecule has 1 aliphatic carbocycles. The Balaban J connectivity index is 1.28. The molecule has 0 bridgehead atoms. The van der Waals surface area contributed by atoms with Gasteiger partial charge in [0.05, 0.1) is 6.33 Å². The van der Waals surface area contributed by atoms with Crippen LogP contribution in [0.5, 0.6) is 0 Å². The molecule has 2 aromatic heterocycles. The minimum absolute atomic E-state index is 0.140. The lowest BCUT2D eigenvalue weighted by molar-refractivity contribution is 0.193. The molecule has 1 aromatic carbocycles. The Kier molecular flexibility index (Phi) is 3.88. The van der Waals surface area contributed by atoms with E-state index in [2.05, 4.69) is 20.4 Å². The number of carbonyl (C=O) groups excluding carboxylic acids is 1. The van der Waals surface area contributed by atoms with Crippen molar-refractivity contribution >= 4 is 11.7 Å². The molecule has 3 aromatic rings. The Morgan fingerprint density at radius 2 is 2.04 bits per heavy atom. The molecule has 1 saturated carbocycles. The third-order valence-electron chi connectivity index (χ3n) is 5.12. The summed E-state index contributed by atoms with van der Waals surface area (Å²) in [7, 11) is 0. The van der Waals surface area contributed by atoms with Gasteiger partial charge in [-0.3, -0.25) is 0 Å². The number of likely N-dealkylation sites (tertiary alicyclic amines) is 1. The lowest BCUT2D eigenvalue weighted by atomic mass is 10.2.